The van der Waals surface area contributed by atoms with Crippen LogP contribution in [0, 0.1) is 0 Å². The van der Waals surface area contributed by atoms with Crippen molar-refractivity contribution in [2.45, 2.75) is 77.0 Å². The zero-order chi connectivity index (χ0) is 64.3. The molecule has 504 valence electrons. The van der Waals surface area contributed by atoms with E-state index >= 15 is 0 Å². The lowest BCUT2D eigenvalue weighted by atomic mass is 10.2. The predicted molar refractivity (Wildman–Crippen MR) is 401 cm³/mol. The molecule has 0 aromatic rings. The molecule has 0 radical (unpaired) electrons. The number of ether oxygens (including phenoxy) is 5. The van der Waals surface area contributed by atoms with E-state index in [0.29, 0.717) is 0 Å². The summed E-state index contributed by atoms with van der Waals surface area (Å²) in [6.45, 7) is 14.9. The van der Waals surface area contributed by atoms with Gasteiger partial charge in [0.05, 0.1) is 51.5 Å². The molecule has 16 heterocycles. The van der Waals surface area contributed by atoms with Crippen molar-refractivity contribution in [2.75, 3.05) is 127 Å². The van der Waals surface area contributed by atoms with Gasteiger partial charge < -0.3 is 71.5 Å². The van der Waals surface area contributed by atoms with Crippen LogP contribution in [0.5, 0.6) is 0 Å². The minimum absolute atomic E-state index is 0.733. The minimum atomic E-state index is 0.733. The summed E-state index contributed by atoms with van der Waals surface area (Å²) in [6, 6.07) is 0. The van der Waals surface area contributed by atoms with Gasteiger partial charge in [-0.3, -0.25) is 0 Å². The van der Waals surface area contributed by atoms with Crippen molar-refractivity contribution in [2.24, 2.45) is 0 Å². The monoisotopic (exact) mass is 1310 g/mol. The third-order valence-corrected chi connectivity index (χ3v) is 14.2. The lowest BCUT2D eigenvalue weighted by Crippen LogP contribution is -2.17. The van der Waals surface area contributed by atoms with Crippen molar-refractivity contribution >= 4 is 35.3 Å². The highest BCUT2D eigenvalue weighted by Crippen LogP contribution is 2.12. The maximum atomic E-state index is 4.83. The van der Waals surface area contributed by atoms with Crippen molar-refractivity contribution in [3.63, 3.8) is 0 Å². The van der Waals surface area contributed by atoms with Crippen LogP contribution in [0.15, 0.2) is 256 Å². The van der Waals surface area contributed by atoms with Crippen molar-refractivity contribution < 1.29 is 23.7 Å². The van der Waals surface area contributed by atoms with E-state index in [4.69, 9.17) is 23.7 Å². The van der Waals surface area contributed by atoms with Crippen LogP contribution in [0.1, 0.15) is 77.0 Å². The molecular weight excluding hydrogens is 1190 g/mol. The van der Waals surface area contributed by atoms with Gasteiger partial charge in [0.2, 0.25) is 0 Å². The zero-order valence-corrected chi connectivity index (χ0v) is 57.1. The van der Waals surface area contributed by atoms with E-state index < -0.39 is 0 Å². The molecule has 0 spiro atoms. The van der Waals surface area contributed by atoms with Crippen molar-refractivity contribution in [1.29, 1.82) is 0 Å². The van der Waals surface area contributed by atoms with Crippen LogP contribution >= 0.6 is 35.3 Å². The Morgan fingerprint density at radius 2 is 0.857 bits per heavy atom. The average molecular weight is 1310 g/mol. The van der Waals surface area contributed by atoms with Crippen LogP contribution in [-0.2, 0) is 23.7 Å². The van der Waals surface area contributed by atoms with E-state index in [1.807, 2.05) is 139 Å². The summed E-state index contributed by atoms with van der Waals surface area (Å²) in [5.74, 6) is 6.27. The largest absolute Gasteiger partial charge is 0.501 e. The molecule has 0 aromatic heterocycles. The molecule has 17 heteroatoms. The van der Waals surface area contributed by atoms with Gasteiger partial charge in [-0.2, -0.15) is 23.5 Å². The first kappa shape index (κ1) is 82.4. The van der Waals surface area contributed by atoms with Gasteiger partial charge in [-0.1, -0.05) is 134 Å². The number of allylic oxidation sites excluding steroid dienone is 11. The fourth-order valence-electron chi connectivity index (χ4n) is 6.84. The van der Waals surface area contributed by atoms with Gasteiger partial charge in [0.15, 0.2) is 0 Å². The summed E-state index contributed by atoms with van der Waals surface area (Å²) >= 11 is 5.84. The van der Waals surface area contributed by atoms with Gasteiger partial charge in [0.25, 0.3) is 0 Å². The Labute approximate surface area is 564 Å². The predicted octanol–water partition coefficient (Wildman–Crippen LogP) is 14.4. The molecule has 9 N–H and O–H groups in total. The molecule has 0 saturated carbocycles. The molecular formula is C74H115N9O5S3. The highest BCUT2D eigenvalue weighted by molar-refractivity contribution is 8.02. The van der Waals surface area contributed by atoms with E-state index in [1.165, 1.54) is 86.7 Å². The van der Waals surface area contributed by atoms with Gasteiger partial charge >= 0.3 is 0 Å². The lowest BCUT2D eigenvalue weighted by molar-refractivity contribution is 0.213. The minimum Gasteiger partial charge on any atom is -0.501 e. The summed E-state index contributed by atoms with van der Waals surface area (Å²) in [5, 5.41) is 29.7. The second-order valence-electron chi connectivity index (χ2n) is 19.4. The van der Waals surface area contributed by atoms with Crippen LogP contribution < -0.4 is 47.9 Å². The van der Waals surface area contributed by atoms with Crippen LogP contribution in [0.25, 0.3) is 0 Å². The molecule has 0 aliphatic carbocycles. The first-order valence-corrected chi connectivity index (χ1v) is 36.0. The molecule has 16 aliphatic rings. The second-order valence-corrected chi connectivity index (χ2v) is 22.6. The molecule has 16 aliphatic heterocycles. The van der Waals surface area contributed by atoms with Crippen molar-refractivity contribution in [1.82, 2.24) is 47.9 Å². The fourth-order valence-corrected chi connectivity index (χ4v) is 8.94. The van der Waals surface area contributed by atoms with Crippen LogP contribution in [-0.4, -0.2) is 127 Å². The van der Waals surface area contributed by atoms with Gasteiger partial charge in [0, 0.05) is 94.4 Å². The number of hydrogen-bond acceptors (Lipinski definition) is 17. The van der Waals surface area contributed by atoms with Gasteiger partial charge in [-0.05, 0) is 168 Å². The van der Waals surface area contributed by atoms with E-state index in [1.54, 1.807) is 37.5 Å². The normalized spacial score (nSPS) is 19.4. The van der Waals surface area contributed by atoms with E-state index in [2.05, 4.69) is 163 Å². The summed E-state index contributed by atoms with van der Waals surface area (Å²) in [6.07, 6.45) is 96.8. The first-order valence-electron chi connectivity index (χ1n) is 32.6. The summed E-state index contributed by atoms with van der Waals surface area (Å²) in [5.41, 5.74) is 0. The number of rotatable bonds is 0. The van der Waals surface area contributed by atoms with Crippen molar-refractivity contribution in [3.05, 3.63) is 256 Å². The maximum Gasteiger partial charge on any atom is 0.106 e. The first-order chi connectivity index (χ1) is 45.5. The standard InChI is InChI=1S/C6H11N.C5H7NO.2C5H9N.3C5H7N.C5H6O.C5H8S.2C4H7N.3C4H6O.2C4H6S/c1-2-4-6-7-5-3-1;1-2-6-3-5-7-4-1;7*1-2-4-6-5-3-1;7*1-2-4-5-3-1/h1,3,7H,2,4-6H2;1,3-6H,2H2;2,4,6H,1,3,5H2;1-2,6H,3-5H2;2*2-6H,1H2;1-4,6H,5H2;1-4H,5H2;2,4H,1,3,5H2;1,3,5H,2,4H2;1-2,5H,3-4H2;2*1,3H,2,4H2;3*1-2H,3-4H2. The third-order valence-electron chi connectivity index (χ3n) is 11.6. The molecule has 0 amide bonds. The van der Waals surface area contributed by atoms with Gasteiger partial charge in [-0.25, -0.2) is 0 Å². The Morgan fingerprint density at radius 1 is 0.297 bits per heavy atom. The van der Waals surface area contributed by atoms with E-state index in [9.17, 15) is 0 Å². The fraction of sp³-hybridized carbons (Fsp3) is 0.432. The third kappa shape index (κ3) is 77.6. The summed E-state index contributed by atoms with van der Waals surface area (Å²) < 4.78 is 23.9. The lowest BCUT2D eigenvalue weighted by Gasteiger charge is -2.02. The molecule has 0 aromatic carbocycles. The highest BCUT2D eigenvalue weighted by Gasteiger charge is 1.91. The summed E-state index contributed by atoms with van der Waals surface area (Å²) in [7, 11) is 0. The van der Waals surface area contributed by atoms with Crippen LogP contribution in [0.3, 0.4) is 0 Å². The Kier molecular flexibility index (Phi) is 72.0. The number of dihydropyridines is 3. The van der Waals surface area contributed by atoms with Crippen LogP contribution in [0.4, 0.5) is 0 Å². The maximum absolute atomic E-state index is 4.83. The quantitative estimate of drug-likeness (QED) is 0.106. The molecule has 0 saturated heterocycles. The highest BCUT2D eigenvalue weighted by atomic mass is 32.2. The smallest absolute Gasteiger partial charge is 0.106 e. The topological polar surface area (TPSA) is 154 Å². The van der Waals surface area contributed by atoms with E-state index in [0.717, 1.165) is 118 Å². The molecule has 14 nitrogen and oxygen atoms in total. The number of thioether (sulfide) groups is 3. The second kappa shape index (κ2) is 79.5. The Balaban J connectivity index is 0.000000486. The van der Waals surface area contributed by atoms with E-state index in [-0.39, 0.29) is 0 Å². The molecule has 0 unspecified atom stereocenters. The molecule has 16 rings (SSSR count). The molecule has 91 heavy (non-hydrogen) atoms. The average Bonchev–Trinajstić information content (AvgIpc) is 4.50. The molecule has 0 atom stereocenters. The summed E-state index contributed by atoms with van der Waals surface area (Å²) in [4.78, 5) is 0. The Bertz CT molecular complexity index is 1840. The molecule has 0 fully saturated rings. The zero-order valence-electron chi connectivity index (χ0n) is 54.6. The molecule has 0 bridgehead atoms. The van der Waals surface area contributed by atoms with Crippen LogP contribution in [0.2, 0.25) is 0 Å². The van der Waals surface area contributed by atoms with Crippen molar-refractivity contribution in [3.8, 4) is 0 Å². The number of nitrogens with one attached hydrogen (secondary N) is 9. The Hall–Kier alpha value is -6.57. The number of hydrogen-bond donors (Lipinski definition) is 9. The SMILES string of the molecule is C1=CCNC1.C1=CCNC=C1.C1=CCNCC1.C1=CCNCCC1.C1=CCOC1.C1=CCOC=C1.C1=CCSC1.C1=CCSC1.C1=CNC=CC1.C1=CNC=CC1.C1=CNCC1.C1=CNCCC1.C1=COC=CNC1.C1=COCC1.C1=COCC1.C1=CSCCC1. The van der Waals surface area contributed by atoms with Gasteiger partial charge in [-0.15, -0.1) is 11.8 Å². The Morgan fingerprint density at radius 3 is 1.12 bits per heavy atom. The van der Waals surface area contributed by atoms with Gasteiger partial charge in [0.1, 0.15) is 12.9 Å².